The van der Waals surface area contributed by atoms with E-state index in [-0.39, 0.29) is 12.1 Å². The predicted octanol–water partition coefficient (Wildman–Crippen LogP) is 1.13. The Kier molecular flexibility index (Phi) is 2.90. The number of nitrogens with two attached hydrogens (primary N) is 1. The van der Waals surface area contributed by atoms with Crippen molar-refractivity contribution in [3.8, 4) is 0 Å². The maximum atomic E-state index is 9.47. The van der Waals surface area contributed by atoms with Crippen LogP contribution >= 0.6 is 0 Å². The van der Waals surface area contributed by atoms with Crippen molar-refractivity contribution in [2.24, 2.45) is 17.6 Å². The molecular formula is C9H19NO. The van der Waals surface area contributed by atoms with Crippen molar-refractivity contribution >= 4 is 0 Å². The zero-order valence-corrected chi connectivity index (χ0v) is 7.46. The average Bonchev–Trinajstić information content (AvgIpc) is 1.94. The van der Waals surface area contributed by atoms with Gasteiger partial charge in [-0.3, -0.25) is 0 Å². The number of rotatable bonds is 1. The smallest absolute Gasteiger partial charge is 0.0693 e. The fourth-order valence-corrected chi connectivity index (χ4v) is 1.81. The van der Waals surface area contributed by atoms with Gasteiger partial charge in [0.15, 0.2) is 0 Å². The van der Waals surface area contributed by atoms with Crippen LogP contribution in [-0.4, -0.2) is 17.3 Å². The maximum Gasteiger partial charge on any atom is 0.0693 e. The lowest BCUT2D eigenvalue weighted by Crippen LogP contribution is -2.41. The quantitative estimate of drug-likeness (QED) is 0.599. The molecule has 0 spiro atoms. The van der Waals surface area contributed by atoms with Gasteiger partial charge >= 0.3 is 0 Å². The van der Waals surface area contributed by atoms with Crippen LogP contribution in [0.25, 0.3) is 0 Å². The molecule has 0 amide bonds. The first-order valence-electron chi connectivity index (χ1n) is 4.55. The molecule has 0 aromatic carbocycles. The van der Waals surface area contributed by atoms with Gasteiger partial charge in [-0.2, -0.15) is 0 Å². The second kappa shape index (κ2) is 3.55. The molecule has 66 valence electrons. The van der Waals surface area contributed by atoms with Gasteiger partial charge < -0.3 is 10.8 Å². The first-order valence-corrected chi connectivity index (χ1v) is 4.55. The molecule has 0 aromatic heterocycles. The van der Waals surface area contributed by atoms with E-state index < -0.39 is 0 Å². The summed E-state index contributed by atoms with van der Waals surface area (Å²) < 4.78 is 0. The molecule has 1 rings (SSSR count). The van der Waals surface area contributed by atoms with Crippen LogP contribution in [0.1, 0.15) is 33.1 Å². The van der Waals surface area contributed by atoms with Crippen LogP contribution in [0, 0.1) is 11.8 Å². The van der Waals surface area contributed by atoms with Crippen LogP contribution in [0.5, 0.6) is 0 Å². The van der Waals surface area contributed by atoms with Gasteiger partial charge in [0, 0.05) is 6.04 Å². The average molecular weight is 157 g/mol. The van der Waals surface area contributed by atoms with Crippen molar-refractivity contribution < 1.29 is 5.11 Å². The summed E-state index contributed by atoms with van der Waals surface area (Å²) in [6, 6.07) is 0.0324. The molecule has 0 aliphatic heterocycles. The van der Waals surface area contributed by atoms with E-state index in [1.54, 1.807) is 0 Å². The van der Waals surface area contributed by atoms with Crippen molar-refractivity contribution in [3.05, 3.63) is 0 Å². The Bertz CT molecular complexity index is 125. The van der Waals surface area contributed by atoms with Crippen molar-refractivity contribution in [2.75, 3.05) is 0 Å². The molecule has 0 radical (unpaired) electrons. The summed E-state index contributed by atoms with van der Waals surface area (Å²) in [5.74, 6) is 1.38. The summed E-state index contributed by atoms with van der Waals surface area (Å²) in [7, 11) is 0. The Morgan fingerprint density at radius 1 is 1.36 bits per heavy atom. The molecule has 3 atom stereocenters. The Hall–Kier alpha value is -0.0800. The molecule has 0 saturated heterocycles. The third kappa shape index (κ3) is 2.17. The Morgan fingerprint density at radius 3 is 2.45 bits per heavy atom. The van der Waals surface area contributed by atoms with E-state index in [9.17, 15) is 5.11 Å². The van der Waals surface area contributed by atoms with Gasteiger partial charge in [-0.05, 0) is 31.1 Å². The largest absolute Gasteiger partial charge is 0.392 e. The normalized spacial score (nSPS) is 39.5. The molecule has 3 N–H and O–H groups in total. The van der Waals surface area contributed by atoms with Gasteiger partial charge in [0.2, 0.25) is 0 Å². The number of hydrogen-bond acceptors (Lipinski definition) is 2. The van der Waals surface area contributed by atoms with E-state index in [4.69, 9.17) is 5.73 Å². The summed E-state index contributed by atoms with van der Waals surface area (Å²) in [4.78, 5) is 0. The zero-order chi connectivity index (χ0) is 8.43. The number of aliphatic hydroxyl groups is 1. The van der Waals surface area contributed by atoms with E-state index in [0.717, 1.165) is 12.8 Å². The SMILES string of the molecule is CC(C)C1CCC(N)C(O)C1. The number of aliphatic hydroxyl groups excluding tert-OH is 1. The second-order valence-electron chi connectivity index (χ2n) is 4.05. The lowest BCUT2D eigenvalue weighted by molar-refractivity contribution is 0.0671. The Morgan fingerprint density at radius 2 is 2.00 bits per heavy atom. The standard InChI is InChI=1S/C9H19NO/c1-6(2)7-3-4-8(10)9(11)5-7/h6-9,11H,3-5,10H2,1-2H3. The van der Waals surface area contributed by atoms with E-state index in [1.165, 1.54) is 6.42 Å². The third-order valence-electron chi connectivity index (χ3n) is 2.85. The van der Waals surface area contributed by atoms with Crippen LogP contribution < -0.4 is 5.73 Å². The molecular weight excluding hydrogens is 138 g/mol. The highest BCUT2D eigenvalue weighted by molar-refractivity contribution is 4.82. The highest BCUT2D eigenvalue weighted by Crippen LogP contribution is 2.29. The van der Waals surface area contributed by atoms with Gasteiger partial charge in [-0.25, -0.2) is 0 Å². The molecule has 0 heterocycles. The summed E-state index contributed by atoms with van der Waals surface area (Å²) in [6.07, 6.45) is 2.83. The summed E-state index contributed by atoms with van der Waals surface area (Å²) in [6.45, 7) is 4.43. The van der Waals surface area contributed by atoms with Crippen molar-refractivity contribution in [1.82, 2.24) is 0 Å². The molecule has 1 aliphatic carbocycles. The van der Waals surface area contributed by atoms with Crippen molar-refractivity contribution in [2.45, 2.75) is 45.3 Å². The van der Waals surface area contributed by atoms with Gasteiger partial charge in [-0.1, -0.05) is 13.8 Å². The second-order valence-corrected chi connectivity index (χ2v) is 4.05. The molecule has 2 nitrogen and oxygen atoms in total. The Labute approximate surface area is 68.8 Å². The fourth-order valence-electron chi connectivity index (χ4n) is 1.81. The molecule has 0 bridgehead atoms. The van der Waals surface area contributed by atoms with Crippen LogP contribution in [0.4, 0.5) is 0 Å². The fraction of sp³-hybridized carbons (Fsp3) is 1.00. The van der Waals surface area contributed by atoms with Crippen LogP contribution in [0.15, 0.2) is 0 Å². The monoisotopic (exact) mass is 157 g/mol. The highest BCUT2D eigenvalue weighted by Gasteiger charge is 2.27. The topological polar surface area (TPSA) is 46.2 Å². The molecule has 1 aliphatic rings. The van der Waals surface area contributed by atoms with Crippen LogP contribution in [0.2, 0.25) is 0 Å². The van der Waals surface area contributed by atoms with E-state index in [1.807, 2.05) is 0 Å². The first-order chi connectivity index (χ1) is 5.11. The van der Waals surface area contributed by atoms with E-state index in [2.05, 4.69) is 13.8 Å². The van der Waals surface area contributed by atoms with Crippen LogP contribution in [0.3, 0.4) is 0 Å². The van der Waals surface area contributed by atoms with E-state index in [0.29, 0.717) is 11.8 Å². The van der Waals surface area contributed by atoms with Crippen molar-refractivity contribution in [3.63, 3.8) is 0 Å². The molecule has 1 saturated carbocycles. The number of hydrogen-bond donors (Lipinski definition) is 2. The molecule has 2 heteroatoms. The lowest BCUT2D eigenvalue weighted by atomic mass is 9.78. The molecule has 0 aromatic rings. The van der Waals surface area contributed by atoms with Gasteiger partial charge in [0.05, 0.1) is 6.10 Å². The molecule has 11 heavy (non-hydrogen) atoms. The molecule has 1 fully saturated rings. The zero-order valence-electron chi connectivity index (χ0n) is 7.46. The molecule has 3 unspecified atom stereocenters. The summed E-state index contributed by atoms with van der Waals surface area (Å²) in [5, 5.41) is 9.47. The highest BCUT2D eigenvalue weighted by atomic mass is 16.3. The summed E-state index contributed by atoms with van der Waals surface area (Å²) >= 11 is 0. The Balaban J connectivity index is 2.40. The maximum absolute atomic E-state index is 9.47. The minimum atomic E-state index is -0.254. The van der Waals surface area contributed by atoms with Gasteiger partial charge in [-0.15, -0.1) is 0 Å². The van der Waals surface area contributed by atoms with Gasteiger partial charge in [0.1, 0.15) is 0 Å². The minimum Gasteiger partial charge on any atom is -0.392 e. The van der Waals surface area contributed by atoms with Crippen LogP contribution in [-0.2, 0) is 0 Å². The van der Waals surface area contributed by atoms with Crippen molar-refractivity contribution in [1.29, 1.82) is 0 Å². The third-order valence-corrected chi connectivity index (χ3v) is 2.85. The first kappa shape index (κ1) is 9.01. The predicted molar refractivity (Wildman–Crippen MR) is 46.2 cm³/mol. The van der Waals surface area contributed by atoms with E-state index >= 15 is 0 Å². The van der Waals surface area contributed by atoms with Gasteiger partial charge in [0.25, 0.3) is 0 Å². The minimum absolute atomic E-state index is 0.0324. The lowest BCUT2D eigenvalue weighted by Gasteiger charge is -2.32. The summed E-state index contributed by atoms with van der Waals surface area (Å²) in [5.41, 5.74) is 5.69.